The molecule has 3 heteroatoms. The monoisotopic (exact) mass is 216 g/mol. The van der Waals surface area contributed by atoms with Crippen LogP contribution in [0.25, 0.3) is 0 Å². The Kier molecular flexibility index (Phi) is 9.65. The number of nitrogens with zero attached hydrogens (tertiary/aromatic N) is 1. The van der Waals surface area contributed by atoms with Crippen LogP contribution in [0.2, 0.25) is 0 Å². The van der Waals surface area contributed by atoms with Crippen molar-refractivity contribution in [3.8, 4) is 0 Å². The van der Waals surface area contributed by atoms with Crippen molar-refractivity contribution in [2.45, 2.75) is 52.6 Å². The first kappa shape index (κ1) is 16.0. The van der Waals surface area contributed by atoms with E-state index in [0.717, 1.165) is 31.5 Å². The molecule has 1 unspecified atom stereocenters. The van der Waals surface area contributed by atoms with Crippen molar-refractivity contribution in [1.29, 1.82) is 0 Å². The zero-order valence-electron chi connectivity index (χ0n) is 9.30. The van der Waals surface area contributed by atoms with Crippen LogP contribution in [-0.4, -0.2) is 23.0 Å². The topological polar surface area (TPSA) is 32.6 Å². The first-order valence-electron chi connectivity index (χ1n) is 4.84. The van der Waals surface area contributed by atoms with Crippen molar-refractivity contribution in [1.82, 2.24) is 0 Å². The molecule has 75 valence electrons. The normalized spacial score (nSPS) is 16.2. The zero-order chi connectivity index (χ0) is 9.61. The predicted molar refractivity (Wildman–Crippen MR) is 53.8 cm³/mol. The average Bonchev–Trinajstić information content (AvgIpc) is 2.05. The summed E-state index contributed by atoms with van der Waals surface area (Å²) in [5, 5.41) is 10.1. The summed E-state index contributed by atoms with van der Waals surface area (Å²) in [6.45, 7) is 8.76. The van der Waals surface area contributed by atoms with E-state index in [1.165, 1.54) is 0 Å². The fourth-order valence-corrected chi connectivity index (χ4v) is 1.41. The van der Waals surface area contributed by atoms with E-state index < -0.39 is 5.60 Å². The summed E-state index contributed by atoms with van der Waals surface area (Å²) >= 11 is 0. The quantitative estimate of drug-likeness (QED) is 0.703. The molecule has 0 fully saturated rings. The van der Waals surface area contributed by atoms with Crippen molar-refractivity contribution in [3.63, 3.8) is 0 Å². The Morgan fingerprint density at radius 3 is 2.15 bits per heavy atom. The van der Waals surface area contributed by atoms with E-state index in [9.17, 15) is 5.11 Å². The third-order valence-corrected chi connectivity index (χ3v) is 2.32. The first-order chi connectivity index (χ1) is 5.60. The Balaban J connectivity index is 0. The van der Waals surface area contributed by atoms with Gasteiger partial charge in [-0.05, 0) is 26.7 Å². The van der Waals surface area contributed by atoms with E-state index in [-0.39, 0.29) is 25.8 Å². The molecule has 0 aliphatic heterocycles. The van der Waals surface area contributed by atoms with E-state index in [1.807, 2.05) is 20.8 Å². The second-order valence-corrected chi connectivity index (χ2v) is 3.19. The largest absolute Gasteiger partial charge is 0.384 e. The molecule has 2 nitrogen and oxygen atoms in total. The molecule has 0 bridgehead atoms. The van der Waals surface area contributed by atoms with Crippen LogP contribution in [0.4, 0.5) is 0 Å². The molecule has 0 spiro atoms. The summed E-state index contributed by atoms with van der Waals surface area (Å²) in [6, 6.07) is 0. The maximum Gasteiger partial charge on any atom is 0.102 e. The van der Waals surface area contributed by atoms with Gasteiger partial charge in [-0.25, -0.2) is 0 Å². The van der Waals surface area contributed by atoms with Crippen LogP contribution in [0.3, 0.4) is 0 Å². The summed E-state index contributed by atoms with van der Waals surface area (Å²) in [5.74, 6) is 0. The first-order valence-corrected chi connectivity index (χ1v) is 4.84. The van der Waals surface area contributed by atoms with Gasteiger partial charge in [0.05, 0.1) is 0 Å². The summed E-state index contributed by atoms with van der Waals surface area (Å²) < 4.78 is 0. The molecule has 0 saturated carbocycles. The minimum Gasteiger partial charge on any atom is -0.384 e. The average molecular weight is 216 g/mol. The smallest absolute Gasteiger partial charge is 0.102 e. The van der Waals surface area contributed by atoms with Gasteiger partial charge in [0.1, 0.15) is 5.60 Å². The van der Waals surface area contributed by atoms with Crippen LogP contribution in [0, 0.1) is 0 Å². The fraction of sp³-hybridized carbons (Fsp3) is 0.900. The molecule has 0 saturated heterocycles. The van der Waals surface area contributed by atoms with Gasteiger partial charge in [-0.15, -0.1) is 0 Å². The molecular weight excluding hydrogens is 195 g/mol. The van der Waals surface area contributed by atoms with Gasteiger partial charge < -0.3 is 5.11 Å². The van der Waals surface area contributed by atoms with Crippen molar-refractivity contribution in [3.05, 3.63) is 0 Å². The fourth-order valence-electron chi connectivity index (χ4n) is 1.41. The summed E-state index contributed by atoms with van der Waals surface area (Å²) in [6.07, 6.45) is 2.58. The molecule has 1 N–H and O–H groups in total. The summed E-state index contributed by atoms with van der Waals surface area (Å²) in [5.41, 5.74) is 0.236. The SMILES string of the molecule is CCCC(O)(CC)C(C)=NCC.[Sc]. The maximum absolute atomic E-state index is 10.1. The van der Waals surface area contributed by atoms with Crippen LogP contribution in [0.15, 0.2) is 4.99 Å². The second kappa shape index (κ2) is 7.86. The molecule has 1 radical (unpaired) electrons. The van der Waals surface area contributed by atoms with Crippen LogP contribution >= 0.6 is 0 Å². The molecule has 0 aromatic rings. The molecule has 1 atom stereocenters. The molecule has 0 aromatic carbocycles. The van der Waals surface area contributed by atoms with Crippen LogP contribution < -0.4 is 0 Å². The molecule has 0 amide bonds. The minimum absolute atomic E-state index is 0. The Morgan fingerprint density at radius 2 is 1.85 bits per heavy atom. The van der Waals surface area contributed by atoms with Gasteiger partial charge in [0, 0.05) is 38.1 Å². The van der Waals surface area contributed by atoms with Gasteiger partial charge in [-0.1, -0.05) is 20.3 Å². The standard InChI is InChI=1S/C10H21NO.Sc/c1-5-8-10(12,6-2)9(4)11-7-3;/h12H,5-8H2,1-4H3;. The van der Waals surface area contributed by atoms with E-state index in [4.69, 9.17) is 0 Å². The van der Waals surface area contributed by atoms with Gasteiger partial charge in [-0.2, -0.15) is 0 Å². The molecular formula is C10H21NOSc. The molecule has 0 aliphatic rings. The van der Waals surface area contributed by atoms with Gasteiger partial charge >= 0.3 is 0 Å². The Labute approximate surface area is 101 Å². The molecule has 0 heterocycles. The summed E-state index contributed by atoms with van der Waals surface area (Å²) in [7, 11) is 0. The van der Waals surface area contributed by atoms with Crippen molar-refractivity contribution < 1.29 is 30.9 Å². The Bertz CT molecular complexity index is 159. The van der Waals surface area contributed by atoms with Crippen LogP contribution in [0.5, 0.6) is 0 Å². The van der Waals surface area contributed by atoms with Gasteiger partial charge in [0.15, 0.2) is 0 Å². The Hall–Kier alpha value is 0.500. The van der Waals surface area contributed by atoms with Gasteiger partial charge in [-0.3, -0.25) is 4.99 Å². The number of hydrogen-bond acceptors (Lipinski definition) is 2. The van der Waals surface area contributed by atoms with Crippen molar-refractivity contribution >= 4 is 5.71 Å². The molecule has 0 aromatic heterocycles. The molecule has 0 rings (SSSR count). The van der Waals surface area contributed by atoms with Gasteiger partial charge in [0.2, 0.25) is 0 Å². The number of hydrogen-bond donors (Lipinski definition) is 1. The van der Waals surface area contributed by atoms with E-state index in [1.54, 1.807) is 0 Å². The van der Waals surface area contributed by atoms with E-state index >= 15 is 0 Å². The van der Waals surface area contributed by atoms with E-state index in [0.29, 0.717) is 0 Å². The molecule has 0 aliphatic carbocycles. The van der Waals surface area contributed by atoms with Crippen LogP contribution in [-0.2, 0) is 25.8 Å². The summed E-state index contributed by atoms with van der Waals surface area (Å²) in [4.78, 5) is 4.25. The number of aliphatic imine (C=N–C) groups is 1. The zero-order valence-corrected chi connectivity index (χ0v) is 11.1. The molecule has 13 heavy (non-hydrogen) atoms. The third-order valence-electron chi connectivity index (χ3n) is 2.32. The Morgan fingerprint density at radius 1 is 1.31 bits per heavy atom. The third kappa shape index (κ3) is 5.06. The minimum atomic E-state index is -0.648. The number of aliphatic hydroxyl groups is 1. The van der Waals surface area contributed by atoms with Crippen LogP contribution in [0.1, 0.15) is 47.0 Å². The van der Waals surface area contributed by atoms with E-state index in [2.05, 4.69) is 11.9 Å². The maximum atomic E-state index is 10.1. The second-order valence-electron chi connectivity index (χ2n) is 3.19. The van der Waals surface area contributed by atoms with Gasteiger partial charge in [0.25, 0.3) is 0 Å². The number of rotatable bonds is 5. The predicted octanol–water partition coefficient (Wildman–Crippen LogP) is 2.41. The van der Waals surface area contributed by atoms with Crippen molar-refractivity contribution in [2.24, 2.45) is 4.99 Å². The van der Waals surface area contributed by atoms with Crippen molar-refractivity contribution in [2.75, 3.05) is 6.54 Å².